The number of hydrogen-bond acceptors (Lipinski definition) is 5. The molecule has 100 valence electrons. The Morgan fingerprint density at radius 3 is 2.89 bits per heavy atom. The molecule has 18 heavy (non-hydrogen) atoms. The van der Waals surface area contributed by atoms with E-state index >= 15 is 0 Å². The fraction of sp³-hybridized carbons (Fsp3) is 0.444. The molecule has 1 aromatic rings. The number of nitrogens with two attached hydrogens (primary N) is 1. The summed E-state index contributed by atoms with van der Waals surface area (Å²) in [6, 6.07) is 3.05. The predicted octanol–water partition coefficient (Wildman–Crippen LogP) is 1.08. The van der Waals surface area contributed by atoms with Crippen LogP contribution in [0.25, 0.3) is 0 Å². The van der Waals surface area contributed by atoms with Crippen LogP contribution in [0.3, 0.4) is 0 Å². The van der Waals surface area contributed by atoms with E-state index in [2.05, 4.69) is 0 Å². The van der Waals surface area contributed by atoms with Crippen molar-refractivity contribution >= 4 is 50.2 Å². The molecular formula is C9H11ClN2O3S3. The van der Waals surface area contributed by atoms with E-state index in [4.69, 9.17) is 34.3 Å². The fourth-order valence-electron chi connectivity index (χ4n) is 1.58. The second kappa shape index (κ2) is 5.40. The molecule has 1 aromatic heterocycles. The van der Waals surface area contributed by atoms with Crippen molar-refractivity contribution in [3.8, 4) is 0 Å². The van der Waals surface area contributed by atoms with Crippen LogP contribution in [0.1, 0.15) is 0 Å². The van der Waals surface area contributed by atoms with Crippen LogP contribution in [-0.2, 0) is 14.8 Å². The molecule has 1 saturated heterocycles. The molecule has 2 rings (SSSR count). The van der Waals surface area contributed by atoms with Gasteiger partial charge >= 0.3 is 0 Å². The number of morpholine rings is 1. The fourth-order valence-corrected chi connectivity index (χ4v) is 4.78. The van der Waals surface area contributed by atoms with Gasteiger partial charge in [-0.2, -0.15) is 4.31 Å². The van der Waals surface area contributed by atoms with Crippen LogP contribution in [0, 0.1) is 0 Å². The van der Waals surface area contributed by atoms with E-state index in [9.17, 15) is 8.42 Å². The van der Waals surface area contributed by atoms with Gasteiger partial charge in [-0.3, -0.25) is 0 Å². The predicted molar refractivity (Wildman–Crippen MR) is 74.6 cm³/mol. The third-order valence-corrected chi connectivity index (χ3v) is 6.32. The molecule has 1 fully saturated rings. The van der Waals surface area contributed by atoms with Crippen LogP contribution in [-0.4, -0.2) is 43.5 Å². The van der Waals surface area contributed by atoms with E-state index in [-0.39, 0.29) is 28.9 Å². The van der Waals surface area contributed by atoms with Gasteiger partial charge in [-0.25, -0.2) is 8.42 Å². The monoisotopic (exact) mass is 326 g/mol. The zero-order valence-corrected chi connectivity index (χ0v) is 12.4. The van der Waals surface area contributed by atoms with Crippen molar-refractivity contribution in [3.63, 3.8) is 0 Å². The van der Waals surface area contributed by atoms with Crippen molar-refractivity contribution in [1.29, 1.82) is 0 Å². The number of thiocarbonyl (C=S) groups is 1. The Bertz CT molecular complexity index is 557. The second-order valence-electron chi connectivity index (χ2n) is 3.68. The Balaban J connectivity index is 2.22. The summed E-state index contributed by atoms with van der Waals surface area (Å²) in [6.45, 7) is 0.713. The lowest BCUT2D eigenvalue weighted by Crippen LogP contribution is -2.49. The topological polar surface area (TPSA) is 72.6 Å². The molecule has 9 heteroatoms. The molecule has 1 atom stereocenters. The highest BCUT2D eigenvalue weighted by molar-refractivity contribution is 7.91. The molecule has 2 heterocycles. The van der Waals surface area contributed by atoms with Gasteiger partial charge in [0, 0.05) is 13.1 Å². The van der Waals surface area contributed by atoms with Crippen LogP contribution >= 0.6 is 35.2 Å². The Morgan fingerprint density at radius 1 is 1.61 bits per heavy atom. The van der Waals surface area contributed by atoms with Gasteiger partial charge in [0.15, 0.2) is 0 Å². The number of thiophene rings is 1. The summed E-state index contributed by atoms with van der Waals surface area (Å²) in [7, 11) is -3.54. The van der Waals surface area contributed by atoms with E-state index in [0.717, 1.165) is 11.3 Å². The second-order valence-corrected chi connectivity index (χ2v) is 8.03. The average Bonchev–Trinajstić information content (AvgIpc) is 2.77. The molecule has 0 aliphatic carbocycles. The summed E-state index contributed by atoms with van der Waals surface area (Å²) >= 11 is 11.6. The molecule has 0 spiro atoms. The van der Waals surface area contributed by atoms with E-state index in [0.29, 0.717) is 4.34 Å². The van der Waals surface area contributed by atoms with Crippen molar-refractivity contribution in [1.82, 2.24) is 4.31 Å². The maximum Gasteiger partial charge on any atom is 0.252 e. The molecule has 5 nitrogen and oxygen atoms in total. The van der Waals surface area contributed by atoms with Crippen molar-refractivity contribution in [2.45, 2.75) is 10.3 Å². The summed E-state index contributed by atoms with van der Waals surface area (Å²) in [5.41, 5.74) is 5.48. The lowest BCUT2D eigenvalue weighted by Gasteiger charge is -2.31. The summed E-state index contributed by atoms with van der Waals surface area (Å²) in [5.74, 6) is 0. The largest absolute Gasteiger partial charge is 0.391 e. The molecule has 1 aliphatic heterocycles. The van der Waals surface area contributed by atoms with E-state index in [1.54, 1.807) is 6.07 Å². The standard InChI is InChI=1S/C9H11ClN2O3S3/c10-7-1-2-8(17-7)18(13,14)12-3-4-15-6(5-12)9(11)16/h1-2,6H,3-5H2,(H2,11,16). The molecule has 0 saturated carbocycles. The number of halogens is 1. The van der Waals surface area contributed by atoms with Crippen molar-refractivity contribution in [2.75, 3.05) is 19.7 Å². The first kappa shape index (κ1) is 14.2. The highest BCUT2D eigenvalue weighted by Crippen LogP contribution is 2.28. The van der Waals surface area contributed by atoms with E-state index < -0.39 is 16.1 Å². The van der Waals surface area contributed by atoms with Crippen LogP contribution in [0.4, 0.5) is 0 Å². The summed E-state index contributed by atoms with van der Waals surface area (Å²) in [6.07, 6.45) is -0.529. The Morgan fingerprint density at radius 2 is 2.33 bits per heavy atom. The van der Waals surface area contributed by atoms with Gasteiger partial charge < -0.3 is 10.5 Å². The van der Waals surface area contributed by atoms with Crippen molar-refractivity contribution in [3.05, 3.63) is 16.5 Å². The Labute approximate surface area is 120 Å². The first-order chi connectivity index (χ1) is 8.41. The maximum absolute atomic E-state index is 12.3. The molecule has 1 aliphatic rings. The zero-order chi connectivity index (χ0) is 13.3. The van der Waals surface area contributed by atoms with Gasteiger partial charge in [0.05, 0.1) is 10.9 Å². The zero-order valence-electron chi connectivity index (χ0n) is 9.21. The summed E-state index contributed by atoms with van der Waals surface area (Å²) in [4.78, 5) is 0.166. The Hall–Kier alpha value is -0.250. The van der Waals surface area contributed by atoms with Gasteiger partial charge in [-0.05, 0) is 12.1 Å². The van der Waals surface area contributed by atoms with Crippen molar-refractivity contribution in [2.24, 2.45) is 5.73 Å². The molecule has 0 amide bonds. The summed E-state index contributed by atoms with van der Waals surface area (Å²) in [5, 5.41) is 0. The van der Waals surface area contributed by atoms with Gasteiger partial charge in [-0.15, -0.1) is 11.3 Å². The first-order valence-corrected chi connectivity index (χ1v) is 8.12. The highest BCUT2D eigenvalue weighted by Gasteiger charge is 2.32. The van der Waals surface area contributed by atoms with Crippen molar-refractivity contribution < 1.29 is 13.2 Å². The third-order valence-electron chi connectivity index (χ3n) is 2.49. The smallest absolute Gasteiger partial charge is 0.252 e. The first-order valence-electron chi connectivity index (χ1n) is 5.07. The molecular weight excluding hydrogens is 316 g/mol. The SMILES string of the molecule is NC(=S)C1CN(S(=O)(=O)c2ccc(Cl)s2)CCO1. The Kier molecular flexibility index (Phi) is 4.25. The minimum absolute atomic E-state index is 0.146. The van der Waals surface area contributed by atoms with Gasteiger partial charge in [-0.1, -0.05) is 23.8 Å². The van der Waals surface area contributed by atoms with Crippen LogP contribution < -0.4 is 5.73 Å². The van der Waals surface area contributed by atoms with Gasteiger partial charge in [0.2, 0.25) is 0 Å². The highest BCUT2D eigenvalue weighted by atomic mass is 35.5. The van der Waals surface area contributed by atoms with Crippen LogP contribution in [0.5, 0.6) is 0 Å². The van der Waals surface area contributed by atoms with Crippen LogP contribution in [0.15, 0.2) is 16.3 Å². The number of sulfonamides is 1. The molecule has 0 radical (unpaired) electrons. The average molecular weight is 327 g/mol. The number of ether oxygens (including phenoxy) is 1. The van der Waals surface area contributed by atoms with E-state index in [1.165, 1.54) is 10.4 Å². The maximum atomic E-state index is 12.3. The molecule has 2 N–H and O–H groups in total. The van der Waals surface area contributed by atoms with Gasteiger partial charge in [0.1, 0.15) is 15.3 Å². The quantitative estimate of drug-likeness (QED) is 0.841. The molecule has 0 bridgehead atoms. The molecule has 1 unspecified atom stereocenters. The number of hydrogen-bond donors (Lipinski definition) is 1. The minimum Gasteiger partial charge on any atom is -0.391 e. The lowest BCUT2D eigenvalue weighted by atomic mass is 10.3. The minimum atomic E-state index is -3.54. The normalized spacial score (nSPS) is 21.9. The number of nitrogens with zero attached hydrogens (tertiary/aromatic N) is 1. The molecule has 0 aromatic carbocycles. The summed E-state index contributed by atoms with van der Waals surface area (Å²) < 4.78 is 31.9. The van der Waals surface area contributed by atoms with E-state index in [1.807, 2.05) is 0 Å². The van der Waals surface area contributed by atoms with Gasteiger partial charge in [0.25, 0.3) is 10.0 Å². The number of rotatable bonds is 3. The lowest BCUT2D eigenvalue weighted by molar-refractivity contribution is 0.0387. The third kappa shape index (κ3) is 2.84. The van der Waals surface area contributed by atoms with Crippen LogP contribution in [0.2, 0.25) is 4.34 Å².